The molecule has 0 unspecified atom stereocenters. The number of rotatable bonds is 9. The highest BCUT2D eigenvalue weighted by Gasteiger charge is 2.29. The molecule has 0 saturated carbocycles. The van der Waals surface area contributed by atoms with Crippen molar-refractivity contribution in [2.45, 2.75) is 52.6 Å². The number of benzene rings is 3. The molecule has 0 atom stereocenters. The summed E-state index contributed by atoms with van der Waals surface area (Å²) in [7, 11) is 0. The lowest BCUT2D eigenvalue weighted by Crippen LogP contribution is -2.23. The predicted octanol–water partition coefficient (Wildman–Crippen LogP) is 6.04. The van der Waals surface area contributed by atoms with Crippen molar-refractivity contribution in [3.8, 4) is 11.5 Å². The van der Waals surface area contributed by atoms with Crippen LogP contribution in [0.5, 0.6) is 11.5 Å². The van der Waals surface area contributed by atoms with E-state index in [4.69, 9.17) is 9.47 Å². The van der Waals surface area contributed by atoms with Crippen LogP contribution in [0.25, 0.3) is 0 Å². The van der Waals surface area contributed by atoms with Gasteiger partial charge in [-0.05, 0) is 54.0 Å². The van der Waals surface area contributed by atoms with Gasteiger partial charge in [-0.15, -0.1) is 0 Å². The van der Waals surface area contributed by atoms with Crippen LogP contribution in [-0.4, -0.2) is 17.7 Å². The van der Waals surface area contributed by atoms with E-state index >= 15 is 0 Å². The third kappa shape index (κ3) is 5.91. The van der Waals surface area contributed by atoms with Crippen LogP contribution in [0.3, 0.4) is 0 Å². The first-order valence-electron chi connectivity index (χ1n) is 11.0. The lowest BCUT2D eigenvalue weighted by Gasteiger charge is -2.29. The minimum absolute atomic E-state index is 0.243. The third-order valence-corrected chi connectivity index (χ3v) is 5.77. The Morgan fingerprint density at radius 1 is 0.938 bits per heavy atom. The molecule has 0 saturated heterocycles. The Morgan fingerprint density at radius 3 is 2.16 bits per heavy atom. The van der Waals surface area contributed by atoms with Crippen molar-refractivity contribution < 1.29 is 19.4 Å². The number of esters is 1. The first-order valence-corrected chi connectivity index (χ1v) is 11.0. The van der Waals surface area contributed by atoms with E-state index in [0.717, 1.165) is 33.6 Å². The van der Waals surface area contributed by atoms with Crippen LogP contribution in [0, 0.1) is 13.8 Å². The summed E-state index contributed by atoms with van der Waals surface area (Å²) in [6.45, 7) is 8.77. The van der Waals surface area contributed by atoms with Crippen molar-refractivity contribution in [3.63, 3.8) is 0 Å². The summed E-state index contributed by atoms with van der Waals surface area (Å²) in [5, 5.41) is 10.8. The molecule has 3 aromatic rings. The van der Waals surface area contributed by atoms with Gasteiger partial charge in [-0.2, -0.15) is 0 Å². The van der Waals surface area contributed by atoms with E-state index in [2.05, 4.69) is 13.8 Å². The summed E-state index contributed by atoms with van der Waals surface area (Å²) in [4.78, 5) is 12.2. The predicted molar refractivity (Wildman–Crippen MR) is 127 cm³/mol. The number of phenols is 1. The normalized spacial score (nSPS) is 11.2. The number of phenolic OH excluding ortho intramolecular Hbond substituents is 1. The molecule has 0 radical (unpaired) electrons. The van der Waals surface area contributed by atoms with Gasteiger partial charge in [0.25, 0.3) is 0 Å². The van der Waals surface area contributed by atoms with Gasteiger partial charge in [-0.1, -0.05) is 74.5 Å². The summed E-state index contributed by atoms with van der Waals surface area (Å²) < 4.78 is 11.6. The van der Waals surface area contributed by atoms with E-state index in [1.165, 1.54) is 0 Å². The van der Waals surface area contributed by atoms with E-state index in [9.17, 15) is 9.90 Å². The monoisotopic (exact) mass is 432 g/mol. The summed E-state index contributed by atoms with van der Waals surface area (Å²) in [5.74, 6) is 0.784. The maximum absolute atomic E-state index is 12.2. The molecular weight excluding hydrogens is 400 g/mol. The second kappa shape index (κ2) is 10.4. The molecular formula is C28H32O4. The van der Waals surface area contributed by atoms with Gasteiger partial charge in [0.2, 0.25) is 0 Å². The number of hydrogen-bond acceptors (Lipinski definition) is 4. The number of ether oxygens (including phenoxy) is 2. The maximum Gasteiger partial charge on any atom is 0.310 e. The van der Waals surface area contributed by atoms with Crippen LogP contribution in [0.1, 0.15) is 48.1 Å². The van der Waals surface area contributed by atoms with Crippen LogP contribution in [0.4, 0.5) is 0 Å². The smallest absolute Gasteiger partial charge is 0.310 e. The van der Waals surface area contributed by atoms with Crippen molar-refractivity contribution in [1.82, 2.24) is 0 Å². The molecule has 0 amide bonds. The third-order valence-electron chi connectivity index (χ3n) is 5.77. The minimum atomic E-state index is -0.403. The Bertz CT molecular complexity index is 1040. The molecule has 0 fully saturated rings. The number of carbonyl (C=O) groups excluding carboxylic acids is 1. The van der Waals surface area contributed by atoms with Gasteiger partial charge in [0.1, 0.15) is 18.1 Å². The topological polar surface area (TPSA) is 55.8 Å². The van der Waals surface area contributed by atoms with E-state index in [1.807, 2.05) is 74.5 Å². The molecule has 32 heavy (non-hydrogen) atoms. The molecule has 0 spiro atoms. The highest BCUT2D eigenvalue weighted by Crippen LogP contribution is 2.42. The number of aromatic hydroxyl groups is 1. The van der Waals surface area contributed by atoms with Gasteiger partial charge in [0.05, 0.1) is 13.0 Å². The molecule has 1 N–H and O–H groups in total. The van der Waals surface area contributed by atoms with Crippen molar-refractivity contribution >= 4 is 5.97 Å². The van der Waals surface area contributed by atoms with Gasteiger partial charge in [0.15, 0.2) is 0 Å². The Labute approximate surface area is 190 Å². The molecule has 0 heterocycles. The van der Waals surface area contributed by atoms with Crippen LogP contribution < -0.4 is 4.74 Å². The average molecular weight is 433 g/mol. The summed E-state index contributed by atoms with van der Waals surface area (Å²) in [5.41, 5.74) is 4.25. The number of carbonyl (C=O) groups is 1. The zero-order valence-corrected chi connectivity index (χ0v) is 19.4. The van der Waals surface area contributed by atoms with Gasteiger partial charge < -0.3 is 14.6 Å². The largest absolute Gasteiger partial charge is 0.508 e. The molecule has 0 aliphatic heterocycles. The SMILES string of the molecule is Cc1cc(O)c(C(C)(C)CCOC(=O)Cc2ccccc2)c(C)c1OCc1ccccc1. The Morgan fingerprint density at radius 2 is 1.53 bits per heavy atom. The summed E-state index contributed by atoms with van der Waals surface area (Å²) in [6.07, 6.45) is 0.844. The van der Waals surface area contributed by atoms with Gasteiger partial charge in [0, 0.05) is 5.56 Å². The van der Waals surface area contributed by atoms with Crippen LogP contribution in [0.15, 0.2) is 66.7 Å². The highest BCUT2D eigenvalue weighted by atomic mass is 16.5. The molecule has 0 aliphatic carbocycles. The summed E-state index contributed by atoms with van der Waals surface area (Å²) in [6, 6.07) is 21.3. The van der Waals surface area contributed by atoms with Crippen molar-refractivity contribution in [2.24, 2.45) is 0 Å². The van der Waals surface area contributed by atoms with E-state index < -0.39 is 5.41 Å². The minimum Gasteiger partial charge on any atom is -0.508 e. The van der Waals surface area contributed by atoms with Gasteiger partial charge >= 0.3 is 5.97 Å². The van der Waals surface area contributed by atoms with E-state index in [-0.39, 0.29) is 24.7 Å². The average Bonchev–Trinajstić information content (AvgIpc) is 2.74. The van der Waals surface area contributed by atoms with Crippen molar-refractivity contribution in [1.29, 1.82) is 0 Å². The van der Waals surface area contributed by atoms with Crippen LogP contribution in [0.2, 0.25) is 0 Å². The van der Waals surface area contributed by atoms with Gasteiger partial charge in [-0.3, -0.25) is 4.79 Å². The first kappa shape index (κ1) is 23.4. The van der Waals surface area contributed by atoms with Crippen LogP contribution in [-0.2, 0) is 28.0 Å². The van der Waals surface area contributed by atoms with Gasteiger partial charge in [-0.25, -0.2) is 0 Å². The lowest BCUT2D eigenvalue weighted by atomic mass is 9.78. The second-order valence-electron chi connectivity index (χ2n) is 8.83. The van der Waals surface area contributed by atoms with E-state index in [1.54, 1.807) is 6.07 Å². The Kier molecular flexibility index (Phi) is 7.57. The molecule has 3 rings (SSSR count). The molecule has 0 bridgehead atoms. The standard InChI is InChI=1S/C28H32O4/c1-20-17-24(29)26(21(2)27(20)32-19-23-13-9-6-10-14-23)28(3,4)15-16-31-25(30)18-22-11-7-5-8-12-22/h5-14,17,29H,15-16,18-19H2,1-4H3. The maximum atomic E-state index is 12.2. The molecule has 4 nitrogen and oxygen atoms in total. The van der Waals surface area contributed by atoms with E-state index in [0.29, 0.717) is 13.0 Å². The zero-order chi connectivity index (χ0) is 23.1. The molecule has 0 aromatic heterocycles. The van der Waals surface area contributed by atoms with Crippen LogP contribution >= 0.6 is 0 Å². The fraction of sp³-hybridized carbons (Fsp3) is 0.321. The first-order chi connectivity index (χ1) is 15.3. The molecule has 0 aliphatic rings. The quantitative estimate of drug-likeness (QED) is 0.419. The zero-order valence-electron chi connectivity index (χ0n) is 19.4. The number of hydrogen-bond donors (Lipinski definition) is 1. The molecule has 3 aromatic carbocycles. The lowest BCUT2D eigenvalue weighted by molar-refractivity contribution is -0.143. The Hall–Kier alpha value is -3.27. The molecule has 4 heteroatoms. The second-order valence-corrected chi connectivity index (χ2v) is 8.83. The van der Waals surface area contributed by atoms with Crippen molar-refractivity contribution in [3.05, 3.63) is 94.5 Å². The van der Waals surface area contributed by atoms with Crippen molar-refractivity contribution in [2.75, 3.05) is 6.61 Å². The summed E-state index contributed by atoms with van der Waals surface area (Å²) >= 11 is 0. The number of aryl methyl sites for hydroxylation is 1. The fourth-order valence-corrected chi connectivity index (χ4v) is 4.11. The fourth-order valence-electron chi connectivity index (χ4n) is 4.11. The highest BCUT2D eigenvalue weighted by molar-refractivity contribution is 5.72. The molecule has 168 valence electrons. The Balaban J connectivity index is 1.68.